The van der Waals surface area contributed by atoms with E-state index in [-0.39, 0.29) is 22.5 Å². The molecule has 1 heterocycles. The molecule has 8 heteroatoms. The molecule has 1 aromatic heterocycles. The summed E-state index contributed by atoms with van der Waals surface area (Å²) < 4.78 is 31.4. The smallest absolute Gasteiger partial charge is 0.404 e. The van der Waals surface area contributed by atoms with Gasteiger partial charge in [0.15, 0.2) is 0 Å². The van der Waals surface area contributed by atoms with Gasteiger partial charge in [0.1, 0.15) is 22.3 Å². The van der Waals surface area contributed by atoms with Crippen LogP contribution in [0.25, 0.3) is 0 Å². The van der Waals surface area contributed by atoms with Crippen molar-refractivity contribution in [3.05, 3.63) is 56.2 Å². The summed E-state index contributed by atoms with van der Waals surface area (Å²) in [4.78, 5) is 9.74. The summed E-state index contributed by atoms with van der Waals surface area (Å²) in [6, 6.07) is 4.58. The van der Waals surface area contributed by atoms with Gasteiger partial charge in [0.2, 0.25) is 0 Å². The zero-order valence-corrected chi connectivity index (χ0v) is 10.9. The molecule has 0 saturated heterocycles. The standard InChI is InChI=1S/C11H7BrF2N2O3/c12-7-3-10(9(14)4-8(7)13)15-5-6-1-2-11(19-6)16(17)18/h1-4,15H,5H2. The van der Waals surface area contributed by atoms with Gasteiger partial charge in [-0.15, -0.1) is 0 Å². The number of anilines is 1. The highest BCUT2D eigenvalue weighted by Crippen LogP contribution is 2.24. The molecule has 2 aromatic rings. The number of hydrogen-bond donors (Lipinski definition) is 1. The van der Waals surface area contributed by atoms with Crippen LogP contribution in [0.15, 0.2) is 33.2 Å². The molecule has 5 nitrogen and oxygen atoms in total. The van der Waals surface area contributed by atoms with Gasteiger partial charge >= 0.3 is 5.88 Å². The third-order valence-electron chi connectivity index (χ3n) is 2.29. The van der Waals surface area contributed by atoms with E-state index in [0.29, 0.717) is 0 Å². The van der Waals surface area contributed by atoms with Gasteiger partial charge in [-0.1, -0.05) is 0 Å². The third-order valence-corrected chi connectivity index (χ3v) is 2.90. The van der Waals surface area contributed by atoms with Crippen LogP contribution in [-0.4, -0.2) is 4.92 Å². The van der Waals surface area contributed by atoms with Crippen molar-refractivity contribution in [1.82, 2.24) is 0 Å². The summed E-state index contributed by atoms with van der Waals surface area (Å²) in [6.45, 7) is 0.0445. The van der Waals surface area contributed by atoms with E-state index < -0.39 is 22.4 Å². The first-order chi connectivity index (χ1) is 8.97. The lowest BCUT2D eigenvalue weighted by atomic mass is 10.3. The quantitative estimate of drug-likeness (QED) is 0.524. The van der Waals surface area contributed by atoms with Crippen molar-refractivity contribution >= 4 is 27.5 Å². The van der Waals surface area contributed by atoms with Crippen molar-refractivity contribution in [2.75, 3.05) is 5.32 Å². The van der Waals surface area contributed by atoms with Crippen molar-refractivity contribution < 1.29 is 18.1 Å². The molecule has 0 aliphatic carbocycles. The molecule has 2 rings (SSSR count). The van der Waals surface area contributed by atoms with Gasteiger partial charge in [-0.2, -0.15) is 0 Å². The topological polar surface area (TPSA) is 68.3 Å². The van der Waals surface area contributed by atoms with E-state index in [1.807, 2.05) is 0 Å². The van der Waals surface area contributed by atoms with Crippen molar-refractivity contribution in [2.45, 2.75) is 6.54 Å². The highest BCUT2D eigenvalue weighted by molar-refractivity contribution is 9.10. The summed E-state index contributed by atoms with van der Waals surface area (Å²) in [5.41, 5.74) is 0.0623. The lowest BCUT2D eigenvalue weighted by molar-refractivity contribution is -0.402. The maximum atomic E-state index is 13.4. The molecule has 1 N–H and O–H groups in total. The van der Waals surface area contributed by atoms with Crippen LogP contribution in [0, 0.1) is 21.7 Å². The first-order valence-electron chi connectivity index (χ1n) is 5.09. The Labute approximate surface area is 114 Å². The molecular formula is C11H7BrF2N2O3. The zero-order chi connectivity index (χ0) is 14.0. The summed E-state index contributed by atoms with van der Waals surface area (Å²) >= 11 is 2.94. The fourth-order valence-electron chi connectivity index (χ4n) is 1.40. The molecular weight excluding hydrogens is 326 g/mol. The van der Waals surface area contributed by atoms with Crippen LogP contribution in [0.5, 0.6) is 0 Å². The van der Waals surface area contributed by atoms with E-state index in [1.165, 1.54) is 18.2 Å². The molecule has 0 saturated carbocycles. The molecule has 0 radical (unpaired) electrons. The van der Waals surface area contributed by atoms with Crippen molar-refractivity contribution in [2.24, 2.45) is 0 Å². The Morgan fingerprint density at radius 2 is 2.05 bits per heavy atom. The number of halogens is 3. The third kappa shape index (κ3) is 3.08. The number of rotatable bonds is 4. The Hall–Kier alpha value is -1.96. The molecule has 19 heavy (non-hydrogen) atoms. The lowest BCUT2D eigenvalue weighted by Gasteiger charge is -2.06. The second kappa shape index (κ2) is 5.35. The number of furan rings is 1. The normalized spacial score (nSPS) is 10.5. The molecule has 0 aliphatic heterocycles. The Balaban J connectivity index is 2.09. The van der Waals surface area contributed by atoms with Crippen molar-refractivity contribution in [3.63, 3.8) is 0 Å². The van der Waals surface area contributed by atoms with E-state index in [9.17, 15) is 18.9 Å². The fourth-order valence-corrected chi connectivity index (χ4v) is 1.74. The monoisotopic (exact) mass is 332 g/mol. The minimum Gasteiger partial charge on any atom is -0.404 e. The second-order valence-corrected chi connectivity index (χ2v) is 4.45. The van der Waals surface area contributed by atoms with Crippen LogP contribution in [0.4, 0.5) is 20.4 Å². The Morgan fingerprint density at radius 1 is 1.32 bits per heavy atom. The maximum Gasteiger partial charge on any atom is 0.433 e. The first kappa shape index (κ1) is 13.5. The minimum absolute atomic E-state index is 0.0445. The van der Waals surface area contributed by atoms with E-state index >= 15 is 0 Å². The summed E-state index contributed by atoms with van der Waals surface area (Å²) in [5.74, 6) is -1.59. The van der Waals surface area contributed by atoms with Crippen LogP contribution >= 0.6 is 15.9 Å². The number of nitrogens with one attached hydrogen (secondary N) is 1. The minimum atomic E-state index is -0.762. The van der Waals surface area contributed by atoms with E-state index in [2.05, 4.69) is 21.2 Å². The van der Waals surface area contributed by atoms with Crippen LogP contribution in [0.2, 0.25) is 0 Å². The second-order valence-electron chi connectivity index (χ2n) is 3.60. The number of benzene rings is 1. The molecule has 0 aliphatic rings. The SMILES string of the molecule is O=[N+]([O-])c1ccc(CNc2cc(Br)c(F)cc2F)o1. The summed E-state index contributed by atoms with van der Waals surface area (Å²) in [6.07, 6.45) is 0. The van der Waals surface area contributed by atoms with E-state index in [1.54, 1.807) is 0 Å². The molecule has 0 spiro atoms. The van der Waals surface area contributed by atoms with E-state index in [4.69, 9.17) is 4.42 Å². The number of nitrogens with zero attached hydrogens (tertiary/aromatic N) is 1. The van der Waals surface area contributed by atoms with Crippen LogP contribution in [0.1, 0.15) is 5.76 Å². The Morgan fingerprint density at radius 3 is 2.68 bits per heavy atom. The Kier molecular flexibility index (Phi) is 3.79. The lowest BCUT2D eigenvalue weighted by Crippen LogP contribution is -2.01. The average Bonchev–Trinajstić information content (AvgIpc) is 2.81. The fraction of sp³-hybridized carbons (Fsp3) is 0.0909. The molecule has 0 atom stereocenters. The average molecular weight is 333 g/mol. The summed E-state index contributed by atoms with van der Waals surface area (Å²) in [5, 5.41) is 13.1. The van der Waals surface area contributed by atoms with E-state index in [0.717, 1.165) is 6.07 Å². The van der Waals surface area contributed by atoms with Gasteiger partial charge in [-0.3, -0.25) is 10.1 Å². The van der Waals surface area contributed by atoms with Gasteiger partial charge in [-0.05, 0) is 28.1 Å². The molecule has 0 bridgehead atoms. The summed E-state index contributed by atoms with van der Waals surface area (Å²) in [7, 11) is 0. The van der Waals surface area contributed by atoms with Gasteiger partial charge in [0.05, 0.1) is 22.8 Å². The number of nitro groups is 1. The maximum absolute atomic E-state index is 13.4. The van der Waals surface area contributed by atoms with Crippen LogP contribution in [0.3, 0.4) is 0 Å². The highest BCUT2D eigenvalue weighted by Gasteiger charge is 2.13. The van der Waals surface area contributed by atoms with Crippen LogP contribution < -0.4 is 5.32 Å². The van der Waals surface area contributed by atoms with Gasteiger partial charge in [0, 0.05) is 6.07 Å². The predicted octanol–water partition coefficient (Wildman–Crippen LogP) is 3.84. The largest absolute Gasteiger partial charge is 0.433 e. The van der Waals surface area contributed by atoms with Gasteiger partial charge in [0.25, 0.3) is 0 Å². The highest BCUT2D eigenvalue weighted by atomic mass is 79.9. The van der Waals surface area contributed by atoms with Crippen LogP contribution in [-0.2, 0) is 6.54 Å². The first-order valence-corrected chi connectivity index (χ1v) is 5.88. The molecule has 1 aromatic carbocycles. The van der Waals surface area contributed by atoms with Gasteiger partial charge < -0.3 is 9.73 Å². The predicted molar refractivity (Wildman–Crippen MR) is 66.7 cm³/mol. The zero-order valence-electron chi connectivity index (χ0n) is 9.32. The molecule has 100 valence electrons. The molecule has 0 amide bonds. The molecule has 0 fully saturated rings. The molecule has 0 unspecified atom stereocenters. The van der Waals surface area contributed by atoms with Crippen molar-refractivity contribution in [1.29, 1.82) is 0 Å². The number of hydrogen-bond acceptors (Lipinski definition) is 4. The van der Waals surface area contributed by atoms with Gasteiger partial charge in [-0.25, -0.2) is 8.78 Å². The Bertz CT molecular complexity index is 630. The van der Waals surface area contributed by atoms with Crippen molar-refractivity contribution in [3.8, 4) is 0 Å².